The minimum atomic E-state index is -0.528. The van der Waals surface area contributed by atoms with Crippen LogP contribution in [0.2, 0.25) is 10.0 Å². The van der Waals surface area contributed by atoms with Crippen molar-refractivity contribution in [3.05, 3.63) is 85.5 Å². The summed E-state index contributed by atoms with van der Waals surface area (Å²) in [4.78, 5) is 36.9. The maximum atomic E-state index is 14.2. The Labute approximate surface area is 235 Å². The molecule has 4 heterocycles. The minimum absolute atomic E-state index is 0.0264. The van der Waals surface area contributed by atoms with Gasteiger partial charge in [-0.2, -0.15) is 4.98 Å². The number of fused-ring (bicyclic) bond motifs is 1. The molecule has 1 amide bonds. The predicted octanol–water partition coefficient (Wildman–Crippen LogP) is 5.61. The first-order chi connectivity index (χ1) is 18.6. The summed E-state index contributed by atoms with van der Waals surface area (Å²) in [6.07, 6.45) is 3.25. The minimum Gasteiger partial charge on any atom is -0.480 e. The van der Waals surface area contributed by atoms with Gasteiger partial charge in [-0.1, -0.05) is 29.3 Å². The van der Waals surface area contributed by atoms with Crippen LogP contribution >= 0.6 is 23.2 Å². The molecule has 0 saturated carbocycles. The lowest BCUT2D eigenvalue weighted by molar-refractivity contribution is 0.0993. The standard InChI is InChI=1S/C28H27Cl2N5O4/c1-14(2)34-22(20-12-31-28(39-6)32-25(20)38-5)11-19-24(34)23(18-8-7-16(29)9-15(18)3)35(26(19)36)17-10-21(30)27(37)33(4)13-17/h7-14,23H,1-6H3/t23-/m0/s1. The molecule has 202 valence electrons. The summed E-state index contributed by atoms with van der Waals surface area (Å²) >= 11 is 12.6. The van der Waals surface area contributed by atoms with E-state index in [0.29, 0.717) is 27.7 Å². The van der Waals surface area contributed by atoms with Crippen molar-refractivity contribution in [2.45, 2.75) is 32.9 Å². The van der Waals surface area contributed by atoms with Gasteiger partial charge in [-0.05, 0) is 56.2 Å². The fraction of sp³-hybridized carbons (Fsp3) is 0.286. The second kappa shape index (κ2) is 10.1. The zero-order valence-corrected chi connectivity index (χ0v) is 23.8. The normalized spacial score (nSPS) is 14.7. The van der Waals surface area contributed by atoms with E-state index in [9.17, 15) is 9.59 Å². The molecule has 1 aliphatic heterocycles. The topological polar surface area (TPSA) is 91.5 Å². The molecule has 0 unspecified atom stereocenters. The van der Waals surface area contributed by atoms with E-state index in [1.807, 2.05) is 45.0 Å². The number of hydrogen-bond acceptors (Lipinski definition) is 6. The Morgan fingerprint density at radius 3 is 2.38 bits per heavy atom. The zero-order chi connectivity index (χ0) is 28.2. The van der Waals surface area contributed by atoms with Crippen molar-refractivity contribution in [1.82, 2.24) is 19.1 Å². The number of ether oxygens (including phenoxy) is 2. The number of pyridine rings is 1. The van der Waals surface area contributed by atoms with Crippen LogP contribution in [-0.4, -0.2) is 39.2 Å². The molecule has 5 rings (SSSR count). The fourth-order valence-corrected chi connectivity index (χ4v) is 5.66. The van der Waals surface area contributed by atoms with Crippen LogP contribution in [0, 0.1) is 6.92 Å². The molecular weight excluding hydrogens is 541 g/mol. The second-order valence-corrected chi connectivity index (χ2v) is 10.5. The van der Waals surface area contributed by atoms with Crippen LogP contribution in [0.4, 0.5) is 5.69 Å². The molecule has 0 bridgehead atoms. The van der Waals surface area contributed by atoms with E-state index < -0.39 is 6.04 Å². The van der Waals surface area contributed by atoms with E-state index in [1.54, 1.807) is 24.3 Å². The Balaban J connectivity index is 1.81. The summed E-state index contributed by atoms with van der Waals surface area (Å²) in [5.41, 5.74) is 4.63. The number of carbonyl (C=O) groups is 1. The number of anilines is 1. The van der Waals surface area contributed by atoms with Gasteiger partial charge in [-0.15, -0.1) is 0 Å². The molecule has 1 aromatic carbocycles. The number of methoxy groups -OCH3 is 2. The number of aryl methyl sites for hydroxylation is 2. The monoisotopic (exact) mass is 567 g/mol. The van der Waals surface area contributed by atoms with Crippen molar-refractivity contribution in [3.63, 3.8) is 0 Å². The van der Waals surface area contributed by atoms with Crippen LogP contribution in [-0.2, 0) is 7.05 Å². The van der Waals surface area contributed by atoms with Crippen molar-refractivity contribution < 1.29 is 14.3 Å². The zero-order valence-electron chi connectivity index (χ0n) is 22.3. The van der Waals surface area contributed by atoms with Crippen LogP contribution in [0.1, 0.15) is 53.1 Å². The highest BCUT2D eigenvalue weighted by atomic mass is 35.5. The van der Waals surface area contributed by atoms with Gasteiger partial charge in [-0.25, -0.2) is 4.98 Å². The number of amides is 1. The summed E-state index contributed by atoms with van der Waals surface area (Å²) in [5, 5.41) is 0.621. The van der Waals surface area contributed by atoms with Gasteiger partial charge in [0.1, 0.15) is 11.1 Å². The molecule has 0 fully saturated rings. The molecule has 0 spiro atoms. The van der Waals surface area contributed by atoms with E-state index >= 15 is 0 Å². The summed E-state index contributed by atoms with van der Waals surface area (Å²) in [5.74, 6) is 0.0985. The average molecular weight is 568 g/mol. The highest BCUT2D eigenvalue weighted by Crippen LogP contribution is 2.47. The first-order valence-electron chi connectivity index (χ1n) is 12.2. The number of aromatic nitrogens is 4. The Bertz CT molecular complexity index is 1650. The van der Waals surface area contributed by atoms with E-state index in [-0.39, 0.29) is 28.5 Å². The number of carbonyl (C=O) groups excluding carboxylic acids is 1. The Hall–Kier alpha value is -3.82. The third kappa shape index (κ3) is 4.35. The molecule has 0 radical (unpaired) electrons. The van der Waals surface area contributed by atoms with Gasteiger partial charge in [-0.3, -0.25) is 14.5 Å². The lowest BCUT2D eigenvalue weighted by atomic mass is 9.98. The van der Waals surface area contributed by atoms with Gasteiger partial charge in [0.2, 0.25) is 5.88 Å². The van der Waals surface area contributed by atoms with Gasteiger partial charge in [0, 0.05) is 30.5 Å². The number of halogens is 2. The molecule has 11 heteroatoms. The summed E-state index contributed by atoms with van der Waals surface area (Å²) in [6.45, 7) is 6.05. The molecule has 0 saturated heterocycles. The third-order valence-corrected chi connectivity index (χ3v) is 7.38. The van der Waals surface area contributed by atoms with Gasteiger partial charge >= 0.3 is 6.01 Å². The Morgan fingerprint density at radius 2 is 1.77 bits per heavy atom. The maximum Gasteiger partial charge on any atom is 0.319 e. The SMILES string of the molecule is COc1ncc(-c2cc3c(n2C(C)C)[C@H](c2ccc(Cl)cc2C)N(c2cc(Cl)c(=O)n(C)c2)C3=O)c(OC)n1. The molecule has 9 nitrogen and oxygen atoms in total. The molecule has 39 heavy (non-hydrogen) atoms. The number of hydrogen-bond donors (Lipinski definition) is 0. The predicted molar refractivity (Wildman–Crippen MR) is 150 cm³/mol. The highest BCUT2D eigenvalue weighted by molar-refractivity contribution is 6.31. The smallest absolute Gasteiger partial charge is 0.319 e. The van der Waals surface area contributed by atoms with Gasteiger partial charge in [0.15, 0.2) is 0 Å². The summed E-state index contributed by atoms with van der Waals surface area (Å²) in [6, 6.07) is 8.57. The van der Waals surface area contributed by atoms with E-state index in [0.717, 1.165) is 22.5 Å². The molecule has 0 aliphatic carbocycles. The largest absolute Gasteiger partial charge is 0.480 e. The lowest BCUT2D eigenvalue weighted by Gasteiger charge is -2.30. The molecule has 4 aromatic rings. The number of nitrogens with zero attached hydrogens (tertiary/aromatic N) is 5. The van der Waals surface area contributed by atoms with Crippen molar-refractivity contribution in [1.29, 1.82) is 0 Å². The van der Waals surface area contributed by atoms with Crippen LogP contribution in [0.15, 0.2) is 47.5 Å². The first-order valence-corrected chi connectivity index (χ1v) is 13.0. The molecule has 3 aromatic heterocycles. The molecular formula is C28H27Cl2N5O4. The second-order valence-electron chi connectivity index (χ2n) is 9.61. The third-order valence-electron chi connectivity index (χ3n) is 6.87. The Kier molecular flexibility index (Phi) is 6.90. The van der Waals surface area contributed by atoms with Gasteiger partial charge < -0.3 is 18.6 Å². The van der Waals surface area contributed by atoms with Crippen molar-refractivity contribution >= 4 is 34.8 Å². The Morgan fingerprint density at radius 1 is 1.03 bits per heavy atom. The van der Waals surface area contributed by atoms with E-state index in [4.69, 9.17) is 32.7 Å². The highest BCUT2D eigenvalue weighted by Gasteiger charge is 2.44. The van der Waals surface area contributed by atoms with Crippen LogP contribution < -0.4 is 19.9 Å². The summed E-state index contributed by atoms with van der Waals surface area (Å²) in [7, 11) is 4.62. The van der Waals surface area contributed by atoms with Crippen molar-refractivity contribution in [3.8, 4) is 23.1 Å². The van der Waals surface area contributed by atoms with Crippen molar-refractivity contribution in [2.75, 3.05) is 19.1 Å². The van der Waals surface area contributed by atoms with Gasteiger partial charge in [0.25, 0.3) is 11.5 Å². The quantitative estimate of drug-likeness (QED) is 0.301. The molecule has 1 atom stereocenters. The number of rotatable bonds is 6. The van der Waals surface area contributed by atoms with Gasteiger partial charge in [0.05, 0.1) is 42.4 Å². The van der Waals surface area contributed by atoms with Crippen LogP contribution in [0.3, 0.4) is 0 Å². The summed E-state index contributed by atoms with van der Waals surface area (Å²) < 4.78 is 14.2. The molecule has 0 N–H and O–H groups in total. The van der Waals surface area contributed by atoms with Crippen molar-refractivity contribution in [2.24, 2.45) is 7.05 Å². The van der Waals surface area contributed by atoms with E-state index in [1.165, 1.54) is 24.9 Å². The number of benzene rings is 1. The first kappa shape index (κ1) is 26.8. The molecule has 1 aliphatic rings. The fourth-order valence-electron chi connectivity index (χ4n) is 5.19. The maximum absolute atomic E-state index is 14.2. The van der Waals surface area contributed by atoms with Crippen LogP contribution in [0.25, 0.3) is 11.3 Å². The van der Waals surface area contributed by atoms with Crippen LogP contribution in [0.5, 0.6) is 11.9 Å². The average Bonchev–Trinajstić information content (AvgIpc) is 3.42. The lowest BCUT2D eigenvalue weighted by Crippen LogP contribution is -2.32. The van der Waals surface area contributed by atoms with E-state index in [2.05, 4.69) is 14.5 Å².